The van der Waals surface area contributed by atoms with E-state index in [4.69, 9.17) is 11.6 Å². The Morgan fingerprint density at radius 2 is 1.71 bits per heavy atom. The van der Waals surface area contributed by atoms with Crippen molar-refractivity contribution in [2.45, 2.75) is 39.8 Å². The number of nitrogens with zero attached hydrogens (tertiary/aromatic N) is 2. The van der Waals surface area contributed by atoms with E-state index in [9.17, 15) is 22.4 Å². The molecule has 0 saturated heterocycles. The average Bonchev–Trinajstić information content (AvgIpc) is 2.77. The van der Waals surface area contributed by atoms with Gasteiger partial charge in [0.25, 0.3) is 0 Å². The summed E-state index contributed by atoms with van der Waals surface area (Å²) in [6.45, 7) is 5.52. The minimum atomic E-state index is -3.99. The Labute approximate surface area is 205 Å². The van der Waals surface area contributed by atoms with E-state index >= 15 is 0 Å². The van der Waals surface area contributed by atoms with Crippen LogP contribution >= 0.6 is 11.6 Å². The summed E-state index contributed by atoms with van der Waals surface area (Å²) in [5.74, 6) is -1.53. The Balaban J connectivity index is 2.42. The Morgan fingerprint density at radius 1 is 1.09 bits per heavy atom. The summed E-state index contributed by atoms with van der Waals surface area (Å²) in [5, 5.41) is 3.36. The van der Waals surface area contributed by atoms with Gasteiger partial charge in [0.1, 0.15) is 18.4 Å². The fraction of sp³-hybridized carbons (Fsp3) is 0.417. The standard InChI is InChI=1S/C24H31ClFN3O4S/c1-5-21(24(31)27-14-17(2)3)28(15-18-10-12-19(25)13-11-18)23(30)16-29(34(4,32)33)22-9-7-6-8-20(22)26/h6-13,17,21H,5,14-16H2,1-4H3,(H,27,31). The van der Waals surface area contributed by atoms with Crippen LogP contribution in [0, 0.1) is 11.7 Å². The van der Waals surface area contributed by atoms with Gasteiger partial charge in [-0.05, 0) is 42.2 Å². The number of sulfonamides is 1. The highest BCUT2D eigenvalue weighted by Crippen LogP contribution is 2.23. The predicted octanol–water partition coefficient (Wildman–Crippen LogP) is 3.82. The van der Waals surface area contributed by atoms with Crippen LogP contribution in [0.25, 0.3) is 0 Å². The molecule has 2 aromatic carbocycles. The molecular formula is C24H31ClFN3O4S. The number of hydrogen-bond donors (Lipinski definition) is 1. The van der Waals surface area contributed by atoms with E-state index in [1.807, 2.05) is 13.8 Å². The molecule has 0 aliphatic heterocycles. The monoisotopic (exact) mass is 511 g/mol. The second kappa shape index (κ2) is 12.2. The molecule has 0 aromatic heterocycles. The molecular weight excluding hydrogens is 481 g/mol. The summed E-state index contributed by atoms with van der Waals surface area (Å²) in [4.78, 5) is 27.8. The highest BCUT2D eigenvalue weighted by Gasteiger charge is 2.32. The molecule has 10 heteroatoms. The van der Waals surface area contributed by atoms with Crippen molar-refractivity contribution in [2.24, 2.45) is 5.92 Å². The van der Waals surface area contributed by atoms with Gasteiger partial charge in [-0.3, -0.25) is 13.9 Å². The third-order valence-corrected chi connectivity index (χ3v) is 6.52. The molecule has 2 amide bonds. The normalized spacial score (nSPS) is 12.3. The van der Waals surface area contributed by atoms with Crippen molar-refractivity contribution in [3.05, 3.63) is 64.9 Å². The number of carbonyl (C=O) groups is 2. The van der Waals surface area contributed by atoms with Crippen LogP contribution in [0.4, 0.5) is 10.1 Å². The van der Waals surface area contributed by atoms with Crippen LogP contribution in [-0.4, -0.2) is 50.5 Å². The SMILES string of the molecule is CCC(C(=O)NCC(C)C)N(Cc1ccc(Cl)cc1)C(=O)CN(c1ccccc1F)S(C)(=O)=O. The van der Waals surface area contributed by atoms with Gasteiger partial charge in [-0.2, -0.15) is 0 Å². The second-order valence-electron chi connectivity index (χ2n) is 8.43. The molecule has 1 atom stereocenters. The number of benzene rings is 2. The zero-order valence-corrected chi connectivity index (χ0v) is 21.4. The Morgan fingerprint density at radius 3 is 2.24 bits per heavy atom. The molecule has 7 nitrogen and oxygen atoms in total. The van der Waals surface area contributed by atoms with Crippen LogP contribution in [0.1, 0.15) is 32.8 Å². The summed E-state index contributed by atoms with van der Waals surface area (Å²) in [7, 11) is -3.99. The Kier molecular flexibility index (Phi) is 9.88. The van der Waals surface area contributed by atoms with E-state index < -0.39 is 34.3 Å². The molecule has 2 aromatic rings. The highest BCUT2D eigenvalue weighted by molar-refractivity contribution is 7.92. The number of anilines is 1. The van der Waals surface area contributed by atoms with Crippen LogP contribution in [0.3, 0.4) is 0 Å². The first kappa shape index (κ1) is 27.6. The van der Waals surface area contributed by atoms with E-state index in [1.54, 1.807) is 31.2 Å². The van der Waals surface area contributed by atoms with Crippen molar-refractivity contribution in [3.63, 3.8) is 0 Å². The minimum absolute atomic E-state index is 0.0540. The van der Waals surface area contributed by atoms with E-state index in [2.05, 4.69) is 5.32 Å². The van der Waals surface area contributed by atoms with Gasteiger partial charge in [0, 0.05) is 18.1 Å². The quantitative estimate of drug-likeness (QED) is 0.497. The summed E-state index contributed by atoms with van der Waals surface area (Å²) < 4.78 is 40.1. The zero-order chi connectivity index (χ0) is 25.5. The summed E-state index contributed by atoms with van der Waals surface area (Å²) in [6, 6.07) is 11.3. The smallest absolute Gasteiger partial charge is 0.244 e. The number of halogens is 2. The van der Waals surface area contributed by atoms with E-state index in [0.717, 1.165) is 16.6 Å². The lowest BCUT2D eigenvalue weighted by Crippen LogP contribution is -2.52. The van der Waals surface area contributed by atoms with Gasteiger partial charge in [0.2, 0.25) is 21.8 Å². The van der Waals surface area contributed by atoms with Gasteiger partial charge in [0.15, 0.2) is 0 Å². The summed E-state index contributed by atoms with van der Waals surface area (Å²) in [6.07, 6.45) is 1.21. The third kappa shape index (κ3) is 7.70. The number of para-hydroxylation sites is 1. The number of hydrogen-bond acceptors (Lipinski definition) is 4. The first-order valence-electron chi connectivity index (χ1n) is 11.0. The number of rotatable bonds is 11. The van der Waals surface area contributed by atoms with Gasteiger partial charge in [-0.15, -0.1) is 0 Å². The summed E-state index contributed by atoms with van der Waals surface area (Å²) >= 11 is 5.97. The molecule has 0 aliphatic carbocycles. The van der Waals surface area contributed by atoms with Crippen molar-refractivity contribution >= 4 is 39.1 Å². The molecule has 34 heavy (non-hydrogen) atoms. The van der Waals surface area contributed by atoms with Gasteiger partial charge < -0.3 is 10.2 Å². The highest BCUT2D eigenvalue weighted by atomic mass is 35.5. The number of carbonyl (C=O) groups excluding carboxylic acids is 2. The molecule has 0 fully saturated rings. The van der Waals surface area contributed by atoms with Crippen molar-refractivity contribution in [2.75, 3.05) is 23.7 Å². The van der Waals surface area contributed by atoms with E-state index in [1.165, 1.54) is 23.1 Å². The zero-order valence-electron chi connectivity index (χ0n) is 19.8. The number of amides is 2. The van der Waals surface area contributed by atoms with E-state index in [-0.39, 0.29) is 24.1 Å². The lowest BCUT2D eigenvalue weighted by molar-refractivity contribution is -0.140. The fourth-order valence-electron chi connectivity index (χ4n) is 3.38. The second-order valence-corrected chi connectivity index (χ2v) is 10.8. The van der Waals surface area contributed by atoms with Crippen molar-refractivity contribution in [1.29, 1.82) is 0 Å². The van der Waals surface area contributed by atoms with Crippen LogP contribution in [-0.2, 0) is 26.2 Å². The molecule has 0 heterocycles. The molecule has 1 unspecified atom stereocenters. The summed E-state index contributed by atoms with van der Waals surface area (Å²) in [5.41, 5.74) is 0.478. The van der Waals surface area contributed by atoms with Crippen molar-refractivity contribution in [3.8, 4) is 0 Å². The maximum absolute atomic E-state index is 14.4. The lowest BCUT2D eigenvalue weighted by atomic mass is 10.1. The Bertz CT molecular complexity index is 1090. The van der Waals surface area contributed by atoms with Crippen molar-refractivity contribution < 1.29 is 22.4 Å². The van der Waals surface area contributed by atoms with E-state index in [0.29, 0.717) is 23.6 Å². The molecule has 186 valence electrons. The van der Waals surface area contributed by atoms with Crippen LogP contribution < -0.4 is 9.62 Å². The van der Waals surface area contributed by atoms with Crippen LogP contribution in [0.2, 0.25) is 5.02 Å². The maximum Gasteiger partial charge on any atom is 0.244 e. The van der Waals surface area contributed by atoms with Crippen LogP contribution in [0.15, 0.2) is 48.5 Å². The molecule has 0 radical (unpaired) electrons. The molecule has 0 saturated carbocycles. The fourth-order valence-corrected chi connectivity index (χ4v) is 4.35. The van der Waals surface area contributed by atoms with Crippen molar-refractivity contribution in [1.82, 2.24) is 10.2 Å². The largest absolute Gasteiger partial charge is 0.354 e. The first-order chi connectivity index (χ1) is 15.9. The Hall–Kier alpha value is -2.65. The molecule has 0 spiro atoms. The topological polar surface area (TPSA) is 86.8 Å². The average molecular weight is 512 g/mol. The molecule has 0 bridgehead atoms. The molecule has 2 rings (SSSR count). The minimum Gasteiger partial charge on any atom is -0.354 e. The predicted molar refractivity (Wildman–Crippen MR) is 133 cm³/mol. The molecule has 1 N–H and O–H groups in total. The maximum atomic E-state index is 14.4. The third-order valence-electron chi connectivity index (χ3n) is 5.14. The van der Waals surface area contributed by atoms with Gasteiger partial charge in [0.05, 0.1) is 11.9 Å². The van der Waals surface area contributed by atoms with Gasteiger partial charge >= 0.3 is 0 Å². The number of nitrogens with one attached hydrogen (secondary N) is 1. The van der Waals surface area contributed by atoms with Gasteiger partial charge in [-0.25, -0.2) is 12.8 Å². The lowest BCUT2D eigenvalue weighted by Gasteiger charge is -2.33. The molecule has 0 aliphatic rings. The van der Waals surface area contributed by atoms with Gasteiger partial charge in [-0.1, -0.05) is 56.6 Å². The van der Waals surface area contributed by atoms with Crippen LogP contribution in [0.5, 0.6) is 0 Å². The first-order valence-corrected chi connectivity index (χ1v) is 13.2.